The molecule has 0 bridgehead atoms. The van der Waals surface area contributed by atoms with Gasteiger partial charge in [-0.05, 0) is 41.5 Å². The maximum atomic E-state index is 12.3. The van der Waals surface area contributed by atoms with Crippen LogP contribution in [0, 0.1) is 6.07 Å². The third kappa shape index (κ3) is 2.00. The fourth-order valence-electron chi connectivity index (χ4n) is 2.22. The molecule has 0 aliphatic carbocycles. The van der Waals surface area contributed by atoms with E-state index in [1.165, 1.54) is 5.56 Å². The highest BCUT2D eigenvalue weighted by atomic mass is 35.5. The summed E-state index contributed by atoms with van der Waals surface area (Å²) >= 11 is 5.96. The first-order valence-electron chi connectivity index (χ1n) is 5.77. The van der Waals surface area contributed by atoms with Crippen molar-refractivity contribution in [1.29, 1.82) is 0 Å². The minimum Gasteiger partial charge on any atom is -0.330 e. The van der Waals surface area contributed by atoms with Gasteiger partial charge in [0.2, 0.25) is 0 Å². The first kappa shape index (κ1) is 11.3. The van der Waals surface area contributed by atoms with Gasteiger partial charge in [-0.1, -0.05) is 29.8 Å². The number of rotatable bonds is 1. The molecule has 1 amide bonds. The van der Waals surface area contributed by atoms with Gasteiger partial charge in [-0.2, -0.15) is 0 Å². The number of carbonyl (C=O) groups is 1. The zero-order chi connectivity index (χ0) is 12.5. The van der Waals surface area contributed by atoms with E-state index in [4.69, 9.17) is 11.6 Å². The number of benzene rings is 2. The van der Waals surface area contributed by atoms with Gasteiger partial charge in [0.15, 0.2) is 0 Å². The molecule has 3 rings (SSSR count). The Kier molecular flexibility index (Phi) is 2.80. The Morgan fingerprint density at radius 3 is 2.61 bits per heavy atom. The van der Waals surface area contributed by atoms with Crippen molar-refractivity contribution in [3.8, 4) is 0 Å². The molecule has 89 valence electrons. The van der Waals surface area contributed by atoms with E-state index in [9.17, 15) is 4.79 Å². The predicted octanol–water partition coefficient (Wildman–Crippen LogP) is 3.30. The number of hydrogen-bond donors (Lipinski definition) is 0. The highest BCUT2D eigenvalue weighted by Crippen LogP contribution is 2.26. The van der Waals surface area contributed by atoms with E-state index in [2.05, 4.69) is 6.07 Å². The zero-order valence-corrected chi connectivity index (χ0v) is 10.4. The van der Waals surface area contributed by atoms with Gasteiger partial charge in [0.25, 0.3) is 5.91 Å². The van der Waals surface area contributed by atoms with Crippen LogP contribution in [0.15, 0.2) is 42.5 Å². The summed E-state index contributed by atoms with van der Waals surface area (Å²) in [7, 11) is 0. The van der Waals surface area contributed by atoms with Crippen LogP contribution >= 0.6 is 11.6 Å². The average Bonchev–Trinajstić information content (AvgIpc) is 2.81. The van der Waals surface area contributed by atoms with E-state index >= 15 is 0 Å². The Morgan fingerprint density at radius 2 is 1.83 bits per heavy atom. The Labute approximate surface area is 111 Å². The third-order valence-electron chi connectivity index (χ3n) is 3.14. The molecule has 3 heteroatoms. The lowest BCUT2D eigenvalue weighted by Gasteiger charge is -2.15. The normalized spacial score (nSPS) is 13.5. The van der Waals surface area contributed by atoms with Crippen LogP contribution in [-0.4, -0.2) is 10.8 Å². The lowest BCUT2D eigenvalue weighted by atomic mass is 10.1. The lowest BCUT2D eigenvalue weighted by molar-refractivity contribution is 0.0751. The van der Waals surface area contributed by atoms with Crippen LogP contribution in [0.3, 0.4) is 0 Å². The van der Waals surface area contributed by atoms with Gasteiger partial charge >= 0.3 is 0 Å². The summed E-state index contributed by atoms with van der Waals surface area (Å²) in [6.07, 6.45) is 0. The predicted molar refractivity (Wildman–Crippen MR) is 70.3 cm³/mol. The number of carbonyl (C=O) groups excluding carboxylic acids is 1. The molecule has 2 aromatic rings. The molecule has 1 heterocycles. The molecule has 1 aliphatic rings. The van der Waals surface area contributed by atoms with Gasteiger partial charge in [0.1, 0.15) is 0 Å². The van der Waals surface area contributed by atoms with E-state index in [1.807, 2.05) is 23.1 Å². The highest BCUT2D eigenvalue weighted by molar-refractivity contribution is 6.30. The second kappa shape index (κ2) is 4.46. The molecule has 0 aromatic heterocycles. The van der Waals surface area contributed by atoms with E-state index < -0.39 is 0 Å². The monoisotopic (exact) mass is 256 g/mol. The highest BCUT2D eigenvalue weighted by Gasteiger charge is 2.24. The molecule has 1 radical (unpaired) electrons. The summed E-state index contributed by atoms with van der Waals surface area (Å²) in [6.45, 7) is 1.29. The Hall–Kier alpha value is -1.80. The smallest absolute Gasteiger partial charge is 0.254 e. The van der Waals surface area contributed by atoms with Gasteiger partial charge in [0, 0.05) is 23.7 Å². The molecule has 0 saturated carbocycles. The van der Waals surface area contributed by atoms with Crippen molar-refractivity contribution in [3.63, 3.8) is 0 Å². The summed E-state index contributed by atoms with van der Waals surface area (Å²) in [6, 6.07) is 15.8. The van der Waals surface area contributed by atoms with Crippen LogP contribution in [0.25, 0.3) is 0 Å². The Bertz CT molecular complexity index is 595. The van der Waals surface area contributed by atoms with Crippen molar-refractivity contribution < 1.29 is 4.79 Å². The van der Waals surface area contributed by atoms with Gasteiger partial charge in [-0.15, -0.1) is 0 Å². The fourth-order valence-corrected chi connectivity index (χ4v) is 2.41. The second-order valence-corrected chi connectivity index (χ2v) is 4.80. The first-order chi connectivity index (χ1) is 8.74. The van der Waals surface area contributed by atoms with Gasteiger partial charge < -0.3 is 4.90 Å². The van der Waals surface area contributed by atoms with Crippen LogP contribution in [0.4, 0.5) is 0 Å². The number of nitrogens with zero attached hydrogens (tertiary/aromatic N) is 1. The van der Waals surface area contributed by atoms with Crippen LogP contribution in [0.5, 0.6) is 0 Å². The maximum absolute atomic E-state index is 12.3. The molecule has 1 aliphatic heterocycles. The summed E-state index contributed by atoms with van der Waals surface area (Å²) in [4.78, 5) is 14.1. The van der Waals surface area contributed by atoms with E-state index in [0.717, 1.165) is 10.6 Å². The van der Waals surface area contributed by atoms with Crippen molar-refractivity contribution >= 4 is 17.5 Å². The minimum atomic E-state index is 0.0522. The molecule has 0 fully saturated rings. The molecule has 0 saturated heterocycles. The van der Waals surface area contributed by atoms with E-state index in [0.29, 0.717) is 18.7 Å². The van der Waals surface area contributed by atoms with Crippen molar-refractivity contribution in [3.05, 3.63) is 70.2 Å². The van der Waals surface area contributed by atoms with Crippen LogP contribution in [0.1, 0.15) is 21.5 Å². The maximum Gasteiger partial charge on any atom is 0.254 e. The van der Waals surface area contributed by atoms with Crippen LogP contribution < -0.4 is 0 Å². The summed E-state index contributed by atoms with van der Waals surface area (Å²) in [5, 5.41) is 0.720. The standard InChI is InChI=1S/C15H11ClNO/c16-14-7-6-12-9-17(10-13(12)8-14)15(18)11-4-2-1-3-5-11/h2-8H,9-10H2. The molecular formula is C15H11ClNO. The van der Waals surface area contributed by atoms with Gasteiger partial charge in [-0.3, -0.25) is 4.79 Å². The summed E-state index contributed by atoms with van der Waals surface area (Å²) in [5.41, 5.74) is 3.02. The van der Waals surface area contributed by atoms with Crippen LogP contribution in [-0.2, 0) is 13.1 Å². The Balaban J connectivity index is 1.84. The van der Waals surface area contributed by atoms with Crippen molar-refractivity contribution in [2.45, 2.75) is 13.1 Å². The second-order valence-electron chi connectivity index (χ2n) is 4.36. The van der Waals surface area contributed by atoms with Crippen molar-refractivity contribution in [1.82, 2.24) is 4.90 Å². The summed E-state index contributed by atoms with van der Waals surface area (Å²) in [5.74, 6) is 0.0522. The molecule has 0 N–H and O–H groups in total. The number of fused-ring (bicyclic) bond motifs is 1. The van der Waals surface area contributed by atoms with Gasteiger partial charge in [0.05, 0.1) is 0 Å². The quantitative estimate of drug-likeness (QED) is 0.767. The molecule has 0 unspecified atom stereocenters. The molecular weight excluding hydrogens is 246 g/mol. The van der Waals surface area contributed by atoms with E-state index in [-0.39, 0.29) is 5.91 Å². The largest absolute Gasteiger partial charge is 0.330 e. The topological polar surface area (TPSA) is 20.3 Å². The zero-order valence-electron chi connectivity index (χ0n) is 9.69. The Morgan fingerprint density at radius 1 is 1.11 bits per heavy atom. The summed E-state index contributed by atoms with van der Waals surface area (Å²) < 4.78 is 0. The van der Waals surface area contributed by atoms with Gasteiger partial charge in [-0.25, -0.2) is 0 Å². The SMILES string of the molecule is O=C(c1cc[c]cc1)N1Cc2ccc(Cl)cc2C1. The van der Waals surface area contributed by atoms with E-state index in [1.54, 1.807) is 24.3 Å². The first-order valence-corrected chi connectivity index (χ1v) is 6.14. The lowest BCUT2D eigenvalue weighted by Crippen LogP contribution is -2.25. The third-order valence-corrected chi connectivity index (χ3v) is 3.38. The number of hydrogen-bond acceptors (Lipinski definition) is 1. The minimum absolute atomic E-state index is 0.0522. The van der Waals surface area contributed by atoms with Crippen LogP contribution in [0.2, 0.25) is 5.02 Å². The molecule has 2 aromatic carbocycles. The number of amides is 1. The molecule has 0 atom stereocenters. The average molecular weight is 257 g/mol. The van der Waals surface area contributed by atoms with Crippen molar-refractivity contribution in [2.75, 3.05) is 0 Å². The fraction of sp³-hybridized carbons (Fsp3) is 0.133. The molecule has 0 spiro atoms. The number of halogens is 1. The van der Waals surface area contributed by atoms with Crippen molar-refractivity contribution in [2.24, 2.45) is 0 Å². The molecule has 2 nitrogen and oxygen atoms in total. The molecule has 18 heavy (non-hydrogen) atoms.